The van der Waals surface area contributed by atoms with Gasteiger partial charge in [0.15, 0.2) is 6.61 Å². The number of carbonyl (C=O) groups excluding carboxylic acids is 1. The van der Waals surface area contributed by atoms with Gasteiger partial charge in [-0.1, -0.05) is 0 Å². The van der Waals surface area contributed by atoms with Crippen molar-refractivity contribution in [3.63, 3.8) is 0 Å². The highest BCUT2D eigenvalue weighted by Gasteiger charge is 2.34. The molecule has 0 aliphatic carbocycles. The number of hydrogen-bond donors (Lipinski definition) is 1. The van der Waals surface area contributed by atoms with Gasteiger partial charge in [0.05, 0.1) is 11.3 Å². The Morgan fingerprint density at radius 3 is 2.52 bits per heavy atom. The van der Waals surface area contributed by atoms with E-state index >= 15 is 0 Å². The number of hydrogen-bond acceptors (Lipinski definition) is 5. The van der Waals surface area contributed by atoms with Gasteiger partial charge in [0, 0.05) is 5.69 Å². The molecular formula is C16H11F4N5O2. The van der Waals surface area contributed by atoms with Gasteiger partial charge in [-0.15, -0.1) is 5.10 Å². The SMILES string of the molecule is O=C(COc1ccc(-n2cnnn2)cc1)Nc1ccc(F)c(C(F)(F)F)c1. The Balaban J connectivity index is 1.58. The predicted octanol–water partition coefficient (Wildman–Crippen LogP) is 2.84. The van der Waals surface area contributed by atoms with Crippen molar-refractivity contribution in [3.8, 4) is 11.4 Å². The van der Waals surface area contributed by atoms with E-state index in [2.05, 4.69) is 20.8 Å². The van der Waals surface area contributed by atoms with Gasteiger partial charge < -0.3 is 10.1 Å². The van der Waals surface area contributed by atoms with Gasteiger partial charge in [-0.3, -0.25) is 4.79 Å². The van der Waals surface area contributed by atoms with Gasteiger partial charge in [0.1, 0.15) is 17.9 Å². The Morgan fingerprint density at radius 1 is 1.15 bits per heavy atom. The van der Waals surface area contributed by atoms with Crippen LogP contribution in [0.1, 0.15) is 5.56 Å². The highest BCUT2D eigenvalue weighted by molar-refractivity contribution is 5.92. The maximum absolute atomic E-state index is 13.2. The number of nitrogens with one attached hydrogen (secondary N) is 1. The van der Waals surface area contributed by atoms with E-state index in [1.54, 1.807) is 24.3 Å². The number of anilines is 1. The summed E-state index contributed by atoms with van der Waals surface area (Å²) >= 11 is 0. The number of alkyl halides is 3. The van der Waals surface area contributed by atoms with Gasteiger partial charge in [-0.25, -0.2) is 9.07 Å². The predicted molar refractivity (Wildman–Crippen MR) is 84.7 cm³/mol. The number of amides is 1. The number of tetrazole rings is 1. The van der Waals surface area contributed by atoms with Gasteiger partial charge >= 0.3 is 6.18 Å². The molecular weight excluding hydrogens is 370 g/mol. The summed E-state index contributed by atoms with van der Waals surface area (Å²) in [6, 6.07) is 8.64. The van der Waals surface area contributed by atoms with Crippen LogP contribution < -0.4 is 10.1 Å². The van der Waals surface area contributed by atoms with Crippen LogP contribution in [0.5, 0.6) is 5.75 Å². The van der Waals surface area contributed by atoms with E-state index in [1.807, 2.05) is 0 Å². The average Bonchev–Trinajstić information content (AvgIpc) is 3.16. The number of rotatable bonds is 5. The Bertz CT molecular complexity index is 927. The zero-order valence-corrected chi connectivity index (χ0v) is 13.4. The Morgan fingerprint density at radius 2 is 1.89 bits per heavy atom. The van der Waals surface area contributed by atoms with Crippen LogP contribution in [-0.4, -0.2) is 32.7 Å². The molecule has 0 unspecified atom stereocenters. The van der Waals surface area contributed by atoms with E-state index in [0.717, 1.165) is 6.07 Å². The first-order valence-electron chi connectivity index (χ1n) is 7.46. The molecule has 27 heavy (non-hydrogen) atoms. The second kappa shape index (κ2) is 7.40. The molecule has 2 aromatic carbocycles. The van der Waals surface area contributed by atoms with Crippen molar-refractivity contribution in [2.45, 2.75) is 6.18 Å². The zero-order chi connectivity index (χ0) is 19.4. The van der Waals surface area contributed by atoms with Crippen molar-refractivity contribution in [2.24, 2.45) is 0 Å². The molecule has 3 aromatic rings. The van der Waals surface area contributed by atoms with E-state index < -0.39 is 30.1 Å². The summed E-state index contributed by atoms with van der Waals surface area (Å²) in [5.74, 6) is -1.75. The van der Waals surface area contributed by atoms with Crippen LogP contribution in [0.4, 0.5) is 23.2 Å². The number of ether oxygens (including phenoxy) is 1. The second-order valence-electron chi connectivity index (χ2n) is 5.28. The molecule has 0 spiro atoms. The number of carbonyl (C=O) groups is 1. The Hall–Kier alpha value is -3.50. The fourth-order valence-corrected chi connectivity index (χ4v) is 2.14. The molecule has 1 N–H and O–H groups in total. The number of halogens is 4. The lowest BCUT2D eigenvalue weighted by Crippen LogP contribution is -2.20. The van der Waals surface area contributed by atoms with Gasteiger partial charge in [-0.05, 0) is 52.9 Å². The summed E-state index contributed by atoms with van der Waals surface area (Å²) in [5, 5.41) is 12.9. The van der Waals surface area contributed by atoms with Crippen molar-refractivity contribution in [1.82, 2.24) is 20.2 Å². The van der Waals surface area contributed by atoms with Crippen LogP contribution in [-0.2, 0) is 11.0 Å². The third kappa shape index (κ3) is 4.57. The minimum absolute atomic E-state index is 0.189. The second-order valence-corrected chi connectivity index (χ2v) is 5.28. The molecule has 1 aromatic heterocycles. The van der Waals surface area contributed by atoms with Crippen LogP contribution >= 0.6 is 0 Å². The van der Waals surface area contributed by atoms with Gasteiger partial charge in [-0.2, -0.15) is 13.2 Å². The molecule has 0 saturated heterocycles. The van der Waals surface area contributed by atoms with Gasteiger partial charge in [0.2, 0.25) is 0 Å². The van der Waals surface area contributed by atoms with E-state index in [0.29, 0.717) is 23.6 Å². The number of aromatic nitrogens is 4. The molecule has 0 atom stereocenters. The fraction of sp³-hybridized carbons (Fsp3) is 0.125. The highest BCUT2D eigenvalue weighted by atomic mass is 19.4. The molecule has 140 valence electrons. The molecule has 3 rings (SSSR count). The van der Waals surface area contributed by atoms with Crippen LogP contribution in [0.3, 0.4) is 0 Å². The maximum Gasteiger partial charge on any atom is 0.419 e. The van der Waals surface area contributed by atoms with E-state index in [1.165, 1.54) is 11.0 Å². The molecule has 0 fully saturated rings. The summed E-state index contributed by atoms with van der Waals surface area (Å²) in [6.45, 7) is -0.442. The minimum Gasteiger partial charge on any atom is -0.484 e. The van der Waals surface area contributed by atoms with Crippen LogP contribution in [0, 0.1) is 5.82 Å². The molecule has 1 heterocycles. The van der Waals surface area contributed by atoms with Crippen molar-refractivity contribution in [1.29, 1.82) is 0 Å². The summed E-state index contributed by atoms with van der Waals surface area (Å²) in [7, 11) is 0. The highest BCUT2D eigenvalue weighted by Crippen LogP contribution is 2.33. The molecule has 0 saturated carbocycles. The molecule has 11 heteroatoms. The van der Waals surface area contributed by atoms with Crippen LogP contribution in [0.25, 0.3) is 5.69 Å². The normalized spacial score (nSPS) is 11.3. The monoisotopic (exact) mass is 381 g/mol. The molecule has 0 radical (unpaired) electrons. The average molecular weight is 381 g/mol. The largest absolute Gasteiger partial charge is 0.484 e. The number of benzene rings is 2. The maximum atomic E-state index is 13.2. The van der Waals surface area contributed by atoms with E-state index in [4.69, 9.17) is 4.74 Å². The van der Waals surface area contributed by atoms with Gasteiger partial charge in [0.25, 0.3) is 5.91 Å². The standard InChI is InChI=1S/C16H11F4N5O2/c17-14-6-1-10(7-13(14)16(18,19)20)22-15(26)8-27-12-4-2-11(3-5-12)25-9-21-23-24-25/h1-7,9H,8H2,(H,22,26). The smallest absolute Gasteiger partial charge is 0.419 e. The summed E-state index contributed by atoms with van der Waals surface area (Å²) in [4.78, 5) is 11.8. The van der Waals surface area contributed by atoms with Crippen LogP contribution in [0.15, 0.2) is 48.8 Å². The van der Waals surface area contributed by atoms with Crippen molar-refractivity contribution < 1.29 is 27.1 Å². The minimum atomic E-state index is -4.86. The summed E-state index contributed by atoms with van der Waals surface area (Å²) in [5.41, 5.74) is -0.978. The van der Waals surface area contributed by atoms with Crippen LogP contribution in [0.2, 0.25) is 0 Å². The Kier molecular flexibility index (Phi) is 5.01. The Labute approximate surface area is 149 Å². The molecule has 0 aliphatic rings. The first kappa shape index (κ1) is 18.3. The van der Waals surface area contributed by atoms with E-state index in [9.17, 15) is 22.4 Å². The lowest BCUT2D eigenvalue weighted by atomic mass is 10.2. The van der Waals surface area contributed by atoms with E-state index in [-0.39, 0.29) is 5.69 Å². The third-order valence-electron chi connectivity index (χ3n) is 3.38. The van der Waals surface area contributed by atoms with Crippen molar-refractivity contribution >= 4 is 11.6 Å². The summed E-state index contributed by atoms with van der Waals surface area (Å²) < 4.78 is 58.0. The zero-order valence-electron chi connectivity index (χ0n) is 13.4. The lowest BCUT2D eigenvalue weighted by molar-refractivity contribution is -0.140. The third-order valence-corrected chi connectivity index (χ3v) is 3.38. The quantitative estimate of drug-likeness (QED) is 0.688. The molecule has 7 nitrogen and oxygen atoms in total. The van der Waals surface area contributed by atoms with Crippen molar-refractivity contribution in [2.75, 3.05) is 11.9 Å². The summed E-state index contributed by atoms with van der Waals surface area (Å²) in [6.07, 6.45) is -3.45. The van der Waals surface area contributed by atoms with Crippen molar-refractivity contribution in [3.05, 3.63) is 60.2 Å². The molecule has 0 bridgehead atoms. The molecule has 0 aliphatic heterocycles. The fourth-order valence-electron chi connectivity index (χ4n) is 2.14. The first-order chi connectivity index (χ1) is 12.8. The first-order valence-corrected chi connectivity index (χ1v) is 7.46. The molecule has 1 amide bonds. The lowest BCUT2D eigenvalue weighted by Gasteiger charge is -2.11. The topological polar surface area (TPSA) is 81.9 Å². The number of nitrogens with zero attached hydrogens (tertiary/aromatic N) is 4.